The predicted molar refractivity (Wildman–Crippen MR) is 48.2 cm³/mol. The molecule has 0 aromatic heterocycles. The number of rotatable bonds is 3. The summed E-state index contributed by atoms with van der Waals surface area (Å²) < 4.78 is 0. The summed E-state index contributed by atoms with van der Waals surface area (Å²) in [6.07, 6.45) is 6.84. The molecule has 0 unspecified atom stereocenters. The number of hydrogen-bond acceptors (Lipinski definition) is 2. The van der Waals surface area contributed by atoms with Gasteiger partial charge >= 0.3 is 0 Å². The molecule has 3 N–H and O–H groups in total. The lowest BCUT2D eigenvalue weighted by molar-refractivity contribution is 0.297. The smallest absolute Gasteiger partial charge is 0.0546 e. The molecule has 1 fully saturated rings. The van der Waals surface area contributed by atoms with Gasteiger partial charge in [-0.05, 0) is 31.7 Å². The van der Waals surface area contributed by atoms with Gasteiger partial charge in [-0.1, -0.05) is 19.8 Å². The van der Waals surface area contributed by atoms with Gasteiger partial charge in [-0.3, -0.25) is 0 Å². The minimum Gasteiger partial charge on any atom is -0.316 e. The maximum Gasteiger partial charge on any atom is 0.0546 e. The zero-order valence-electron chi connectivity index (χ0n) is 7.47. The molecular formula is C9H20N2. The SMILES string of the molecule is CCCC[C@@H]1CC[C@H](N)NC1. The van der Waals surface area contributed by atoms with Gasteiger partial charge in [-0.25, -0.2) is 0 Å². The van der Waals surface area contributed by atoms with Crippen LogP contribution in [0.3, 0.4) is 0 Å². The van der Waals surface area contributed by atoms with E-state index in [4.69, 9.17) is 5.73 Å². The van der Waals surface area contributed by atoms with E-state index in [0.29, 0.717) is 0 Å². The first-order valence-electron chi connectivity index (χ1n) is 4.82. The largest absolute Gasteiger partial charge is 0.316 e. The standard InChI is InChI=1S/C9H20N2/c1-2-3-4-8-5-6-9(10)11-7-8/h8-9,11H,2-7,10H2,1H3/t8-,9-/m1/s1. The third-order valence-electron chi connectivity index (χ3n) is 2.52. The molecule has 0 radical (unpaired) electrons. The number of unbranched alkanes of at least 4 members (excludes halogenated alkanes) is 1. The molecule has 0 aliphatic carbocycles. The second-order valence-corrected chi connectivity index (χ2v) is 3.60. The van der Waals surface area contributed by atoms with E-state index in [1.165, 1.54) is 25.7 Å². The molecule has 2 nitrogen and oxygen atoms in total. The molecular weight excluding hydrogens is 136 g/mol. The summed E-state index contributed by atoms with van der Waals surface area (Å²) in [5.74, 6) is 0.898. The van der Waals surface area contributed by atoms with Crippen molar-refractivity contribution in [3.63, 3.8) is 0 Å². The number of piperidine rings is 1. The third kappa shape index (κ3) is 3.21. The summed E-state index contributed by atoms with van der Waals surface area (Å²) in [6, 6.07) is 0. The van der Waals surface area contributed by atoms with E-state index < -0.39 is 0 Å². The van der Waals surface area contributed by atoms with Crippen LogP contribution < -0.4 is 11.1 Å². The first-order chi connectivity index (χ1) is 5.33. The molecule has 11 heavy (non-hydrogen) atoms. The average molecular weight is 156 g/mol. The summed E-state index contributed by atoms with van der Waals surface area (Å²) in [7, 11) is 0. The molecule has 1 saturated heterocycles. The van der Waals surface area contributed by atoms with Crippen LogP contribution in [-0.2, 0) is 0 Å². The molecule has 2 atom stereocenters. The molecule has 0 amide bonds. The lowest BCUT2D eigenvalue weighted by Gasteiger charge is -2.27. The van der Waals surface area contributed by atoms with Crippen LogP contribution in [0.1, 0.15) is 39.0 Å². The van der Waals surface area contributed by atoms with Crippen molar-refractivity contribution in [2.75, 3.05) is 6.54 Å². The highest BCUT2D eigenvalue weighted by atomic mass is 15.0. The molecule has 1 heterocycles. The van der Waals surface area contributed by atoms with Gasteiger partial charge in [0, 0.05) is 0 Å². The second kappa shape index (κ2) is 4.73. The van der Waals surface area contributed by atoms with Gasteiger partial charge in [0.25, 0.3) is 0 Å². The summed E-state index contributed by atoms with van der Waals surface area (Å²) in [5.41, 5.74) is 5.71. The van der Waals surface area contributed by atoms with Crippen molar-refractivity contribution in [1.82, 2.24) is 5.32 Å². The molecule has 0 spiro atoms. The van der Waals surface area contributed by atoms with Crippen molar-refractivity contribution >= 4 is 0 Å². The van der Waals surface area contributed by atoms with Crippen LogP contribution in [0.15, 0.2) is 0 Å². The molecule has 66 valence electrons. The van der Waals surface area contributed by atoms with E-state index >= 15 is 0 Å². The summed E-state index contributed by atoms with van der Waals surface area (Å²) >= 11 is 0. The maximum absolute atomic E-state index is 5.71. The van der Waals surface area contributed by atoms with Crippen LogP contribution in [0, 0.1) is 5.92 Å². The van der Waals surface area contributed by atoms with Gasteiger partial charge in [0.05, 0.1) is 6.17 Å². The Morgan fingerprint density at radius 3 is 2.82 bits per heavy atom. The molecule has 0 bridgehead atoms. The van der Waals surface area contributed by atoms with Crippen molar-refractivity contribution in [3.8, 4) is 0 Å². The summed E-state index contributed by atoms with van der Waals surface area (Å²) in [4.78, 5) is 0. The normalized spacial score (nSPS) is 32.2. The van der Waals surface area contributed by atoms with Crippen molar-refractivity contribution < 1.29 is 0 Å². The Kier molecular flexibility index (Phi) is 3.87. The van der Waals surface area contributed by atoms with Gasteiger partial charge < -0.3 is 11.1 Å². The molecule has 1 aliphatic rings. The molecule has 2 heteroatoms. The van der Waals surface area contributed by atoms with Crippen molar-refractivity contribution in [1.29, 1.82) is 0 Å². The molecule has 0 saturated carbocycles. The first-order valence-corrected chi connectivity index (χ1v) is 4.82. The van der Waals surface area contributed by atoms with Crippen LogP contribution in [0.5, 0.6) is 0 Å². The maximum atomic E-state index is 5.71. The minimum absolute atomic E-state index is 0.271. The van der Waals surface area contributed by atoms with Crippen LogP contribution in [-0.4, -0.2) is 12.7 Å². The Bertz CT molecular complexity index is 93.0. The van der Waals surface area contributed by atoms with E-state index in [2.05, 4.69) is 12.2 Å². The monoisotopic (exact) mass is 156 g/mol. The quantitative estimate of drug-likeness (QED) is 0.649. The van der Waals surface area contributed by atoms with Crippen molar-refractivity contribution in [2.24, 2.45) is 11.7 Å². The predicted octanol–water partition coefficient (Wildman–Crippen LogP) is 1.46. The fourth-order valence-electron chi connectivity index (χ4n) is 1.68. The Morgan fingerprint density at radius 2 is 2.27 bits per heavy atom. The number of nitrogens with two attached hydrogens (primary N) is 1. The van der Waals surface area contributed by atoms with E-state index in [1.54, 1.807) is 0 Å². The van der Waals surface area contributed by atoms with Crippen molar-refractivity contribution in [2.45, 2.75) is 45.2 Å². The lowest BCUT2D eigenvalue weighted by Crippen LogP contribution is -2.44. The fraction of sp³-hybridized carbons (Fsp3) is 1.00. The van der Waals surface area contributed by atoms with E-state index in [0.717, 1.165) is 18.9 Å². The molecule has 1 aliphatic heterocycles. The minimum atomic E-state index is 0.271. The molecule has 0 aromatic carbocycles. The highest BCUT2D eigenvalue weighted by Gasteiger charge is 2.16. The Balaban J connectivity index is 2.07. The van der Waals surface area contributed by atoms with Crippen LogP contribution in [0.4, 0.5) is 0 Å². The number of hydrogen-bond donors (Lipinski definition) is 2. The fourth-order valence-corrected chi connectivity index (χ4v) is 1.68. The lowest BCUT2D eigenvalue weighted by atomic mass is 9.93. The second-order valence-electron chi connectivity index (χ2n) is 3.60. The summed E-state index contributed by atoms with van der Waals surface area (Å²) in [5, 5.41) is 3.32. The summed E-state index contributed by atoms with van der Waals surface area (Å²) in [6.45, 7) is 3.39. The van der Waals surface area contributed by atoms with E-state index in [-0.39, 0.29) is 6.17 Å². The van der Waals surface area contributed by atoms with Gasteiger partial charge in [0.2, 0.25) is 0 Å². The van der Waals surface area contributed by atoms with Gasteiger partial charge in [-0.2, -0.15) is 0 Å². The number of nitrogens with one attached hydrogen (secondary N) is 1. The Labute approximate surface area is 69.5 Å². The van der Waals surface area contributed by atoms with E-state index in [9.17, 15) is 0 Å². The average Bonchev–Trinajstić information content (AvgIpc) is 2.04. The first kappa shape index (κ1) is 9.01. The highest BCUT2D eigenvalue weighted by Crippen LogP contribution is 2.17. The third-order valence-corrected chi connectivity index (χ3v) is 2.52. The van der Waals surface area contributed by atoms with Crippen LogP contribution >= 0.6 is 0 Å². The Hall–Kier alpha value is -0.0800. The van der Waals surface area contributed by atoms with Gasteiger partial charge in [-0.15, -0.1) is 0 Å². The van der Waals surface area contributed by atoms with Crippen LogP contribution in [0.25, 0.3) is 0 Å². The topological polar surface area (TPSA) is 38.0 Å². The van der Waals surface area contributed by atoms with Gasteiger partial charge in [0.15, 0.2) is 0 Å². The van der Waals surface area contributed by atoms with Crippen molar-refractivity contribution in [3.05, 3.63) is 0 Å². The van der Waals surface area contributed by atoms with Gasteiger partial charge in [0.1, 0.15) is 0 Å². The van der Waals surface area contributed by atoms with E-state index in [1.807, 2.05) is 0 Å². The Morgan fingerprint density at radius 1 is 1.45 bits per heavy atom. The highest BCUT2D eigenvalue weighted by molar-refractivity contribution is 4.73. The van der Waals surface area contributed by atoms with Crippen LogP contribution in [0.2, 0.25) is 0 Å². The zero-order chi connectivity index (χ0) is 8.10. The molecule has 0 aromatic rings. The zero-order valence-corrected chi connectivity index (χ0v) is 7.47. The molecule has 1 rings (SSSR count).